The van der Waals surface area contributed by atoms with E-state index in [0.717, 1.165) is 5.56 Å². The number of carbonyl (C=O) groups is 3. The van der Waals surface area contributed by atoms with Crippen LogP contribution in [0.5, 0.6) is 0 Å². The highest BCUT2D eigenvalue weighted by Crippen LogP contribution is 2.11. The number of carbonyl (C=O) groups excluding carboxylic acids is 3. The SMILES string of the molecule is CC(=O)Nc1ccc(CC(=O)O[C@@H](C)C(=O)NC(C)(C)C)cc1. The van der Waals surface area contributed by atoms with Gasteiger partial charge >= 0.3 is 5.97 Å². The van der Waals surface area contributed by atoms with Crippen molar-refractivity contribution >= 4 is 23.5 Å². The molecule has 0 fully saturated rings. The second kappa shape index (κ2) is 7.76. The van der Waals surface area contributed by atoms with E-state index in [9.17, 15) is 14.4 Å². The lowest BCUT2D eigenvalue weighted by Gasteiger charge is -2.23. The van der Waals surface area contributed by atoms with Gasteiger partial charge in [0.2, 0.25) is 5.91 Å². The van der Waals surface area contributed by atoms with Crippen molar-refractivity contribution in [2.75, 3.05) is 5.32 Å². The van der Waals surface area contributed by atoms with Crippen LogP contribution in [0.1, 0.15) is 40.2 Å². The zero-order valence-corrected chi connectivity index (χ0v) is 14.2. The average molecular weight is 320 g/mol. The van der Waals surface area contributed by atoms with Crippen LogP contribution >= 0.6 is 0 Å². The minimum atomic E-state index is -0.847. The first-order valence-electron chi connectivity index (χ1n) is 7.45. The molecule has 2 amide bonds. The van der Waals surface area contributed by atoms with Gasteiger partial charge in [-0.15, -0.1) is 0 Å². The molecule has 23 heavy (non-hydrogen) atoms. The summed E-state index contributed by atoms with van der Waals surface area (Å²) >= 11 is 0. The highest BCUT2D eigenvalue weighted by Gasteiger charge is 2.22. The van der Waals surface area contributed by atoms with Crippen LogP contribution in [0, 0.1) is 0 Å². The van der Waals surface area contributed by atoms with Gasteiger partial charge in [-0.05, 0) is 45.4 Å². The fourth-order valence-corrected chi connectivity index (χ4v) is 1.84. The highest BCUT2D eigenvalue weighted by atomic mass is 16.5. The van der Waals surface area contributed by atoms with E-state index in [1.165, 1.54) is 6.92 Å². The van der Waals surface area contributed by atoms with E-state index in [4.69, 9.17) is 4.74 Å². The molecule has 0 saturated carbocycles. The van der Waals surface area contributed by atoms with E-state index in [1.807, 2.05) is 20.8 Å². The summed E-state index contributed by atoms with van der Waals surface area (Å²) in [7, 11) is 0. The third-order valence-corrected chi connectivity index (χ3v) is 2.80. The Morgan fingerprint density at radius 2 is 1.70 bits per heavy atom. The van der Waals surface area contributed by atoms with Crippen LogP contribution in [0.3, 0.4) is 0 Å². The van der Waals surface area contributed by atoms with Gasteiger partial charge in [0, 0.05) is 18.2 Å². The summed E-state index contributed by atoms with van der Waals surface area (Å²) in [5, 5.41) is 5.40. The lowest BCUT2D eigenvalue weighted by atomic mass is 10.1. The van der Waals surface area contributed by atoms with Crippen molar-refractivity contribution < 1.29 is 19.1 Å². The lowest BCUT2D eigenvalue weighted by Crippen LogP contribution is -2.46. The fraction of sp³-hybridized carbons (Fsp3) is 0.471. The van der Waals surface area contributed by atoms with Crippen LogP contribution in [-0.2, 0) is 25.5 Å². The summed E-state index contributed by atoms with van der Waals surface area (Å²) in [5.41, 5.74) is 1.03. The summed E-state index contributed by atoms with van der Waals surface area (Å²) in [6.07, 6.45) is -0.784. The topological polar surface area (TPSA) is 84.5 Å². The van der Waals surface area contributed by atoms with Crippen LogP contribution in [0.4, 0.5) is 5.69 Å². The van der Waals surface area contributed by atoms with Crippen molar-refractivity contribution in [2.45, 2.75) is 52.7 Å². The number of hydrogen-bond acceptors (Lipinski definition) is 4. The molecular formula is C17H24N2O4. The Kier molecular flexibility index (Phi) is 6.30. The number of rotatable bonds is 5. The van der Waals surface area contributed by atoms with Gasteiger partial charge in [0.25, 0.3) is 5.91 Å². The number of benzene rings is 1. The van der Waals surface area contributed by atoms with Gasteiger partial charge in [-0.25, -0.2) is 0 Å². The Balaban J connectivity index is 2.53. The molecule has 6 nitrogen and oxygen atoms in total. The van der Waals surface area contributed by atoms with Crippen molar-refractivity contribution in [3.05, 3.63) is 29.8 Å². The molecule has 1 rings (SSSR count). The monoisotopic (exact) mass is 320 g/mol. The molecule has 0 spiro atoms. The van der Waals surface area contributed by atoms with Crippen molar-refractivity contribution in [3.63, 3.8) is 0 Å². The smallest absolute Gasteiger partial charge is 0.311 e. The van der Waals surface area contributed by atoms with E-state index in [0.29, 0.717) is 5.69 Å². The number of hydrogen-bond donors (Lipinski definition) is 2. The average Bonchev–Trinajstić information content (AvgIpc) is 2.38. The number of anilines is 1. The largest absolute Gasteiger partial charge is 0.452 e. The summed E-state index contributed by atoms with van der Waals surface area (Å²) in [4.78, 5) is 34.7. The second-order valence-electron chi connectivity index (χ2n) is 6.43. The molecule has 1 aromatic rings. The molecule has 0 aromatic heterocycles. The molecule has 126 valence electrons. The standard InChI is InChI=1S/C17H24N2O4/c1-11(16(22)19-17(3,4)5)23-15(21)10-13-6-8-14(9-7-13)18-12(2)20/h6-9,11H,10H2,1-5H3,(H,18,20)(H,19,22)/t11-/m0/s1. The highest BCUT2D eigenvalue weighted by molar-refractivity contribution is 5.88. The third-order valence-electron chi connectivity index (χ3n) is 2.80. The minimum Gasteiger partial charge on any atom is -0.452 e. The summed E-state index contributed by atoms with van der Waals surface area (Å²) in [6, 6.07) is 6.87. The molecule has 6 heteroatoms. The molecule has 0 saturated heterocycles. The Labute approximate surface area is 136 Å². The normalized spacial score (nSPS) is 12.2. The third kappa shape index (κ3) is 7.44. The molecule has 0 aliphatic rings. The number of amides is 2. The molecule has 0 aliphatic heterocycles. The van der Waals surface area contributed by atoms with Gasteiger partial charge in [0.15, 0.2) is 6.10 Å². The molecule has 1 atom stereocenters. The Hall–Kier alpha value is -2.37. The maximum absolute atomic E-state index is 11.9. The molecular weight excluding hydrogens is 296 g/mol. The van der Waals surface area contributed by atoms with Crippen molar-refractivity contribution in [1.82, 2.24) is 5.32 Å². The van der Waals surface area contributed by atoms with Crippen LogP contribution in [-0.4, -0.2) is 29.4 Å². The van der Waals surface area contributed by atoms with Crippen molar-refractivity contribution in [3.8, 4) is 0 Å². The van der Waals surface area contributed by atoms with E-state index < -0.39 is 12.1 Å². The van der Waals surface area contributed by atoms with Gasteiger partial charge in [0.05, 0.1) is 6.42 Å². The fourth-order valence-electron chi connectivity index (χ4n) is 1.84. The summed E-state index contributed by atoms with van der Waals surface area (Å²) in [6.45, 7) is 8.54. The van der Waals surface area contributed by atoms with Gasteiger partial charge in [-0.1, -0.05) is 12.1 Å². The molecule has 0 unspecified atom stereocenters. The Bertz CT molecular complexity index is 573. The van der Waals surface area contributed by atoms with E-state index in [1.54, 1.807) is 31.2 Å². The van der Waals surface area contributed by atoms with Crippen LogP contribution in [0.15, 0.2) is 24.3 Å². The lowest BCUT2D eigenvalue weighted by molar-refractivity contribution is -0.154. The summed E-state index contributed by atoms with van der Waals surface area (Å²) in [5.74, 6) is -0.962. The van der Waals surface area contributed by atoms with E-state index >= 15 is 0 Å². The van der Waals surface area contributed by atoms with Crippen molar-refractivity contribution in [1.29, 1.82) is 0 Å². The quantitative estimate of drug-likeness (QED) is 0.813. The zero-order valence-electron chi connectivity index (χ0n) is 14.2. The number of esters is 1. The molecule has 0 radical (unpaired) electrons. The zero-order chi connectivity index (χ0) is 17.6. The van der Waals surface area contributed by atoms with Crippen molar-refractivity contribution in [2.24, 2.45) is 0 Å². The van der Waals surface area contributed by atoms with Crippen LogP contribution in [0.2, 0.25) is 0 Å². The first-order chi connectivity index (χ1) is 10.6. The minimum absolute atomic E-state index is 0.0630. The first-order valence-corrected chi connectivity index (χ1v) is 7.45. The number of ether oxygens (including phenoxy) is 1. The Morgan fingerprint density at radius 1 is 1.13 bits per heavy atom. The maximum atomic E-state index is 11.9. The van der Waals surface area contributed by atoms with Crippen LogP contribution in [0.25, 0.3) is 0 Å². The molecule has 0 aliphatic carbocycles. The second-order valence-corrected chi connectivity index (χ2v) is 6.43. The Morgan fingerprint density at radius 3 is 2.17 bits per heavy atom. The number of nitrogens with one attached hydrogen (secondary N) is 2. The van der Waals surface area contributed by atoms with Gasteiger partial charge in [-0.3, -0.25) is 14.4 Å². The molecule has 1 aromatic carbocycles. The van der Waals surface area contributed by atoms with Crippen LogP contribution < -0.4 is 10.6 Å². The molecule has 2 N–H and O–H groups in total. The first kappa shape index (κ1) is 18.7. The predicted molar refractivity (Wildman–Crippen MR) is 87.9 cm³/mol. The molecule has 0 heterocycles. The summed E-state index contributed by atoms with van der Waals surface area (Å²) < 4.78 is 5.14. The maximum Gasteiger partial charge on any atom is 0.311 e. The predicted octanol–water partition coefficient (Wildman–Crippen LogP) is 2.03. The van der Waals surface area contributed by atoms with Gasteiger partial charge < -0.3 is 15.4 Å². The van der Waals surface area contributed by atoms with Gasteiger partial charge in [-0.2, -0.15) is 0 Å². The van der Waals surface area contributed by atoms with E-state index in [2.05, 4.69) is 10.6 Å². The van der Waals surface area contributed by atoms with E-state index in [-0.39, 0.29) is 23.8 Å². The molecule has 0 bridgehead atoms. The van der Waals surface area contributed by atoms with Gasteiger partial charge in [0.1, 0.15) is 0 Å².